The van der Waals surface area contributed by atoms with E-state index in [1.54, 1.807) is 24.5 Å². The van der Waals surface area contributed by atoms with Crippen molar-refractivity contribution in [1.82, 2.24) is 4.98 Å². The van der Waals surface area contributed by atoms with Crippen LogP contribution >= 0.6 is 11.6 Å². The molecule has 1 aromatic carbocycles. The van der Waals surface area contributed by atoms with Gasteiger partial charge in [0.2, 0.25) is 0 Å². The molecule has 0 spiro atoms. The van der Waals surface area contributed by atoms with Crippen LogP contribution in [0.25, 0.3) is 0 Å². The number of nitriles is 1. The summed E-state index contributed by atoms with van der Waals surface area (Å²) in [4.78, 5) is 6.09. The molecule has 2 aromatic rings. The predicted octanol–water partition coefficient (Wildman–Crippen LogP) is 3.29. The van der Waals surface area contributed by atoms with Crippen LogP contribution < -0.4 is 4.90 Å². The molecule has 0 atom stereocenters. The monoisotopic (exact) mass is 271 g/mol. The van der Waals surface area contributed by atoms with Crippen LogP contribution in [0.1, 0.15) is 11.1 Å². The lowest BCUT2D eigenvalue weighted by Crippen LogP contribution is -2.20. The number of rotatable bonds is 4. The Morgan fingerprint density at radius 1 is 1.26 bits per heavy atom. The molecule has 4 heteroatoms. The van der Waals surface area contributed by atoms with Gasteiger partial charge in [0.25, 0.3) is 0 Å². The normalized spacial score (nSPS) is 9.95. The summed E-state index contributed by atoms with van der Waals surface area (Å²) in [7, 11) is 1.99. The number of nitrogens with zero attached hydrogens (tertiary/aromatic N) is 3. The van der Waals surface area contributed by atoms with Crippen molar-refractivity contribution in [3.63, 3.8) is 0 Å². The van der Waals surface area contributed by atoms with Gasteiger partial charge in [0.1, 0.15) is 0 Å². The number of aromatic nitrogens is 1. The van der Waals surface area contributed by atoms with E-state index >= 15 is 0 Å². The van der Waals surface area contributed by atoms with Crippen LogP contribution in [0.3, 0.4) is 0 Å². The highest BCUT2D eigenvalue weighted by Crippen LogP contribution is 2.25. The number of halogens is 1. The number of hydrogen-bond donors (Lipinski definition) is 0. The first kappa shape index (κ1) is 13.4. The molecule has 1 aromatic heterocycles. The molecule has 0 unspecified atom stereocenters. The van der Waals surface area contributed by atoms with Gasteiger partial charge in [-0.1, -0.05) is 11.6 Å². The smallest absolute Gasteiger partial charge is 0.0992 e. The Labute approximate surface area is 118 Å². The third kappa shape index (κ3) is 3.46. The molecule has 96 valence electrons. The van der Waals surface area contributed by atoms with Crippen LogP contribution in [0.4, 0.5) is 5.69 Å². The fourth-order valence-corrected chi connectivity index (χ4v) is 2.18. The van der Waals surface area contributed by atoms with E-state index in [4.69, 9.17) is 16.9 Å². The zero-order valence-electron chi connectivity index (χ0n) is 10.7. The van der Waals surface area contributed by atoms with Gasteiger partial charge in [0, 0.05) is 26.0 Å². The summed E-state index contributed by atoms with van der Waals surface area (Å²) in [5.41, 5.74) is 2.76. The van der Waals surface area contributed by atoms with Crippen molar-refractivity contribution >= 4 is 17.3 Å². The van der Waals surface area contributed by atoms with Crippen LogP contribution in [0.15, 0.2) is 42.7 Å². The van der Waals surface area contributed by atoms with Gasteiger partial charge in [0.05, 0.1) is 22.3 Å². The molecule has 0 aliphatic carbocycles. The van der Waals surface area contributed by atoms with E-state index in [1.807, 2.05) is 25.2 Å². The predicted molar refractivity (Wildman–Crippen MR) is 77.4 cm³/mol. The summed E-state index contributed by atoms with van der Waals surface area (Å²) in [5.74, 6) is 0. The second-order valence-electron chi connectivity index (χ2n) is 4.31. The number of anilines is 1. The van der Waals surface area contributed by atoms with Gasteiger partial charge in [0.15, 0.2) is 0 Å². The average Bonchev–Trinajstić information content (AvgIpc) is 2.45. The minimum absolute atomic E-state index is 0.580. The molecule has 3 nitrogen and oxygen atoms in total. The van der Waals surface area contributed by atoms with Gasteiger partial charge in [-0.25, -0.2) is 0 Å². The highest BCUT2D eigenvalue weighted by molar-refractivity contribution is 6.33. The van der Waals surface area contributed by atoms with Gasteiger partial charge in [-0.05, 0) is 42.3 Å². The molecule has 0 N–H and O–H groups in total. The first-order valence-electron chi connectivity index (χ1n) is 6.00. The number of benzene rings is 1. The van der Waals surface area contributed by atoms with Crippen molar-refractivity contribution in [2.45, 2.75) is 6.42 Å². The summed E-state index contributed by atoms with van der Waals surface area (Å²) >= 11 is 6.18. The molecule has 0 saturated carbocycles. The third-order valence-corrected chi connectivity index (χ3v) is 3.28. The first-order chi connectivity index (χ1) is 9.20. The van der Waals surface area contributed by atoms with Gasteiger partial charge in [-0.2, -0.15) is 5.26 Å². The zero-order chi connectivity index (χ0) is 13.7. The van der Waals surface area contributed by atoms with Crippen molar-refractivity contribution < 1.29 is 0 Å². The highest BCUT2D eigenvalue weighted by atomic mass is 35.5. The summed E-state index contributed by atoms with van der Waals surface area (Å²) in [6, 6.07) is 11.5. The number of likely N-dealkylation sites (N-methyl/N-ethyl adjacent to an activating group) is 1. The Morgan fingerprint density at radius 3 is 2.63 bits per heavy atom. The molecule has 2 rings (SSSR count). The molecule has 1 heterocycles. The molecule has 0 aliphatic rings. The maximum Gasteiger partial charge on any atom is 0.0992 e. The average molecular weight is 272 g/mol. The Morgan fingerprint density at radius 2 is 2.00 bits per heavy atom. The van der Waals surface area contributed by atoms with Gasteiger partial charge in [-0.3, -0.25) is 4.98 Å². The van der Waals surface area contributed by atoms with Crippen LogP contribution in [0.2, 0.25) is 5.02 Å². The van der Waals surface area contributed by atoms with E-state index in [0.29, 0.717) is 10.6 Å². The lowest BCUT2D eigenvalue weighted by molar-refractivity contribution is 0.875. The Balaban J connectivity index is 2.04. The SMILES string of the molecule is CN(CCc1ccncc1)c1ccc(C#N)cc1Cl. The lowest BCUT2D eigenvalue weighted by atomic mass is 10.1. The summed E-state index contributed by atoms with van der Waals surface area (Å²) in [6.45, 7) is 0.857. The fourth-order valence-electron chi connectivity index (χ4n) is 1.85. The van der Waals surface area contributed by atoms with E-state index in [1.165, 1.54) is 5.56 Å². The Bertz CT molecular complexity index is 590. The van der Waals surface area contributed by atoms with Crippen molar-refractivity contribution in [3.05, 3.63) is 58.9 Å². The van der Waals surface area contributed by atoms with Crippen molar-refractivity contribution in [2.75, 3.05) is 18.5 Å². The van der Waals surface area contributed by atoms with Gasteiger partial charge in [-0.15, -0.1) is 0 Å². The molecule has 0 radical (unpaired) electrons. The summed E-state index contributed by atoms with van der Waals surface area (Å²) in [6.07, 6.45) is 4.52. The minimum Gasteiger partial charge on any atom is -0.373 e. The number of hydrogen-bond acceptors (Lipinski definition) is 3. The largest absolute Gasteiger partial charge is 0.373 e. The highest BCUT2D eigenvalue weighted by Gasteiger charge is 2.07. The van der Waals surface area contributed by atoms with E-state index in [0.717, 1.165) is 18.7 Å². The maximum absolute atomic E-state index is 8.82. The molecule has 0 amide bonds. The van der Waals surface area contributed by atoms with E-state index in [-0.39, 0.29) is 0 Å². The zero-order valence-corrected chi connectivity index (χ0v) is 11.4. The van der Waals surface area contributed by atoms with E-state index in [2.05, 4.69) is 16.0 Å². The van der Waals surface area contributed by atoms with Crippen LogP contribution in [0, 0.1) is 11.3 Å². The first-order valence-corrected chi connectivity index (χ1v) is 6.38. The lowest BCUT2D eigenvalue weighted by Gasteiger charge is -2.20. The summed E-state index contributed by atoms with van der Waals surface area (Å²) < 4.78 is 0. The van der Waals surface area contributed by atoms with Gasteiger partial charge < -0.3 is 4.90 Å². The van der Waals surface area contributed by atoms with Crippen molar-refractivity contribution in [3.8, 4) is 6.07 Å². The van der Waals surface area contributed by atoms with Crippen molar-refractivity contribution in [1.29, 1.82) is 5.26 Å². The van der Waals surface area contributed by atoms with E-state index < -0.39 is 0 Å². The Hall–Kier alpha value is -2.05. The topological polar surface area (TPSA) is 39.9 Å². The summed E-state index contributed by atoms with van der Waals surface area (Å²) in [5, 5.41) is 9.42. The quantitative estimate of drug-likeness (QED) is 0.857. The molecule has 0 bridgehead atoms. The fraction of sp³-hybridized carbons (Fsp3) is 0.200. The van der Waals surface area contributed by atoms with E-state index in [9.17, 15) is 0 Å². The molecular formula is C15H14ClN3. The third-order valence-electron chi connectivity index (χ3n) is 2.97. The van der Waals surface area contributed by atoms with Crippen LogP contribution in [-0.2, 0) is 6.42 Å². The molecule has 19 heavy (non-hydrogen) atoms. The second-order valence-corrected chi connectivity index (χ2v) is 4.71. The standard InChI is InChI=1S/C15H14ClN3/c1-19(9-6-12-4-7-18-8-5-12)15-3-2-13(11-17)10-14(15)16/h2-5,7-8,10H,6,9H2,1H3. The maximum atomic E-state index is 8.82. The van der Waals surface area contributed by atoms with Gasteiger partial charge >= 0.3 is 0 Å². The molecule has 0 saturated heterocycles. The van der Waals surface area contributed by atoms with Crippen molar-refractivity contribution in [2.24, 2.45) is 0 Å². The van der Waals surface area contributed by atoms with Crippen LogP contribution in [-0.4, -0.2) is 18.6 Å². The molecular weight excluding hydrogens is 258 g/mol. The Kier molecular flexibility index (Phi) is 4.38. The minimum atomic E-state index is 0.580. The number of pyridine rings is 1. The second kappa shape index (κ2) is 6.21. The molecule has 0 fully saturated rings. The molecule has 0 aliphatic heterocycles. The van der Waals surface area contributed by atoms with Crippen LogP contribution in [0.5, 0.6) is 0 Å².